The number of halogens is 1. The molecule has 0 fully saturated rings. The quantitative estimate of drug-likeness (QED) is 0.511. The maximum Gasteiger partial charge on any atom is -1.00 e. The fourth-order valence-corrected chi connectivity index (χ4v) is 1.19. The molecular formula is C4H9ClSSn. The average Bonchev–Trinajstić information content (AvgIpc) is 1.41. The Kier molecular flexibility index (Phi) is 35.3. The van der Waals surface area contributed by atoms with Gasteiger partial charge in [-0.15, -0.1) is 0 Å². The van der Waals surface area contributed by atoms with Gasteiger partial charge >= 0.3 is 46.7 Å². The maximum atomic E-state index is 2.23. The molecule has 0 aliphatic carbocycles. The number of hydrogen-bond acceptors (Lipinski definition) is 0. The van der Waals surface area contributed by atoms with E-state index in [9.17, 15) is 0 Å². The summed E-state index contributed by atoms with van der Waals surface area (Å²) in [7, 11) is 0. The minimum absolute atomic E-state index is 0. The van der Waals surface area contributed by atoms with Gasteiger partial charge in [0.25, 0.3) is 0 Å². The molecule has 0 unspecified atom stereocenters. The fourth-order valence-electron chi connectivity index (χ4n) is 0.177. The van der Waals surface area contributed by atoms with Crippen LogP contribution in [0.2, 0.25) is 4.44 Å². The summed E-state index contributed by atoms with van der Waals surface area (Å²) in [5.41, 5.74) is 0. The Bertz CT molecular complexity index is 19.2. The molecule has 0 radical (unpaired) electrons. The minimum Gasteiger partial charge on any atom is -2.00 e. The number of rotatable bonds is 2. The molecule has 0 spiro atoms. The first-order valence-corrected chi connectivity index (χ1v) is 4.08. The second-order valence-electron chi connectivity index (χ2n) is 1.10. The molecule has 0 aliphatic rings. The van der Waals surface area contributed by atoms with Gasteiger partial charge in [-0.25, -0.2) is 0 Å². The van der Waals surface area contributed by atoms with E-state index in [2.05, 4.69) is 6.92 Å². The van der Waals surface area contributed by atoms with Crippen LogP contribution in [0.15, 0.2) is 0 Å². The predicted octanol–water partition coefficient (Wildman–Crippen LogP) is -1.63. The van der Waals surface area contributed by atoms with Crippen molar-refractivity contribution in [1.82, 2.24) is 0 Å². The third-order valence-electron chi connectivity index (χ3n) is 0.530. The summed E-state index contributed by atoms with van der Waals surface area (Å²) in [6.45, 7) is 2.23. The van der Waals surface area contributed by atoms with Gasteiger partial charge in [0.15, 0.2) is 0 Å². The van der Waals surface area contributed by atoms with Crippen LogP contribution in [-0.2, 0) is 13.5 Å². The molecule has 0 nitrogen and oxygen atoms in total. The van der Waals surface area contributed by atoms with Gasteiger partial charge in [0, 0.05) is 0 Å². The van der Waals surface area contributed by atoms with Gasteiger partial charge in [0.05, 0.1) is 0 Å². The summed E-state index contributed by atoms with van der Waals surface area (Å²) in [6, 6.07) is 0. The predicted molar refractivity (Wildman–Crippen MR) is 32.8 cm³/mol. The van der Waals surface area contributed by atoms with Gasteiger partial charge in [-0.2, -0.15) is 0 Å². The van der Waals surface area contributed by atoms with Crippen LogP contribution >= 0.6 is 0 Å². The van der Waals surface area contributed by atoms with E-state index in [1.807, 2.05) is 0 Å². The second kappa shape index (κ2) is 15.7. The molecule has 0 atom stereocenters. The van der Waals surface area contributed by atoms with Crippen LogP contribution in [-0.4, -0.2) is 22.5 Å². The molecule has 0 saturated carbocycles. The smallest absolute Gasteiger partial charge is 1.00 e. The summed E-state index contributed by atoms with van der Waals surface area (Å²) in [5.74, 6) is 0. The minimum atomic E-state index is 0. The van der Waals surface area contributed by atoms with Crippen LogP contribution in [0.25, 0.3) is 0 Å². The van der Waals surface area contributed by atoms with Crippen molar-refractivity contribution in [3.05, 3.63) is 0 Å². The second-order valence-corrected chi connectivity index (χ2v) is 2.53. The van der Waals surface area contributed by atoms with Crippen molar-refractivity contribution in [2.75, 3.05) is 0 Å². The van der Waals surface area contributed by atoms with Crippen molar-refractivity contribution in [3.63, 3.8) is 0 Å². The Morgan fingerprint density at radius 1 is 1.43 bits per heavy atom. The van der Waals surface area contributed by atoms with Crippen molar-refractivity contribution in [1.29, 1.82) is 0 Å². The zero-order valence-corrected chi connectivity index (χ0v) is 8.83. The third-order valence-corrected chi connectivity index (χ3v) is 1.54. The molecule has 0 amide bonds. The first kappa shape index (κ1) is 15.8. The van der Waals surface area contributed by atoms with Gasteiger partial charge in [-0.05, 0) is 0 Å². The van der Waals surface area contributed by atoms with E-state index in [0.717, 1.165) is 0 Å². The van der Waals surface area contributed by atoms with E-state index in [0.29, 0.717) is 0 Å². The molecule has 0 rings (SSSR count). The van der Waals surface area contributed by atoms with E-state index in [1.54, 1.807) is 22.5 Å². The Hall–Kier alpha value is 1.44. The zero-order valence-electron chi connectivity index (χ0n) is 4.41. The first-order valence-electron chi connectivity index (χ1n) is 2.06. The molecule has 0 N–H and O–H groups in total. The molecule has 0 aromatic heterocycles. The van der Waals surface area contributed by atoms with Gasteiger partial charge in [0.1, 0.15) is 0 Å². The number of hydrogen-bond donors (Lipinski definition) is 0. The van der Waals surface area contributed by atoms with E-state index in [1.165, 1.54) is 17.3 Å². The van der Waals surface area contributed by atoms with Crippen molar-refractivity contribution in [3.8, 4) is 0 Å². The summed E-state index contributed by atoms with van der Waals surface area (Å²) in [5, 5.41) is 0. The summed E-state index contributed by atoms with van der Waals surface area (Å²) in [4.78, 5) is 0. The van der Waals surface area contributed by atoms with Gasteiger partial charge in [-0.3, -0.25) is 0 Å². The largest absolute Gasteiger partial charge is 2.00 e. The van der Waals surface area contributed by atoms with Crippen molar-refractivity contribution in [2.24, 2.45) is 0 Å². The molecule has 0 aromatic rings. The number of unbranched alkanes of at least 4 members (excludes halogenated alkanes) is 1. The molecule has 7 heavy (non-hydrogen) atoms. The van der Waals surface area contributed by atoms with Crippen molar-refractivity contribution >= 4 is 36.0 Å². The SMILES string of the molecule is CCC[CH2][Sn+3].[Cl-].[S-2]. The van der Waals surface area contributed by atoms with E-state index >= 15 is 0 Å². The van der Waals surface area contributed by atoms with Crippen LogP contribution in [0.1, 0.15) is 19.8 Å². The van der Waals surface area contributed by atoms with Crippen LogP contribution in [0.5, 0.6) is 0 Å². The van der Waals surface area contributed by atoms with Crippen LogP contribution < -0.4 is 12.4 Å². The Balaban J connectivity index is -0.0000000800. The maximum absolute atomic E-state index is 2.23. The van der Waals surface area contributed by atoms with Crippen molar-refractivity contribution < 1.29 is 12.4 Å². The molecule has 0 heterocycles. The normalized spacial score (nSPS) is 6.14. The summed E-state index contributed by atoms with van der Waals surface area (Å²) < 4.78 is 1.43. The van der Waals surface area contributed by atoms with E-state index in [4.69, 9.17) is 0 Å². The molecule has 3 heteroatoms. The van der Waals surface area contributed by atoms with Gasteiger partial charge < -0.3 is 25.9 Å². The third kappa shape index (κ3) is 18.6. The van der Waals surface area contributed by atoms with Crippen molar-refractivity contribution in [2.45, 2.75) is 24.2 Å². The van der Waals surface area contributed by atoms with E-state index in [-0.39, 0.29) is 25.9 Å². The monoisotopic (exact) mass is 244 g/mol. The summed E-state index contributed by atoms with van der Waals surface area (Å²) in [6.07, 6.45) is 2.80. The first-order chi connectivity index (χ1) is 2.41. The molecule has 0 saturated heterocycles. The molecule has 0 bridgehead atoms. The topological polar surface area (TPSA) is 0 Å². The Morgan fingerprint density at radius 2 is 1.86 bits per heavy atom. The van der Waals surface area contributed by atoms with Gasteiger partial charge in [-0.1, -0.05) is 0 Å². The Morgan fingerprint density at radius 3 is 1.86 bits per heavy atom. The molecule has 0 aliphatic heterocycles. The molecular weight excluding hydrogens is 234 g/mol. The van der Waals surface area contributed by atoms with Crippen LogP contribution in [0, 0.1) is 0 Å². The van der Waals surface area contributed by atoms with Gasteiger partial charge in [0.2, 0.25) is 0 Å². The molecule has 0 aromatic carbocycles. The molecule has 42 valence electrons. The van der Waals surface area contributed by atoms with E-state index < -0.39 is 0 Å². The average molecular weight is 243 g/mol. The zero-order chi connectivity index (χ0) is 4.12. The Labute approximate surface area is 72.4 Å². The summed E-state index contributed by atoms with van der Waals surface area (Å²) >= 11 is 1.68. The standard InChI is InChI=1S/C4H9.ClH.S.Sn/c1-3-4-2;;;/h1,3-4H2,2H3;1H;;/q;;-2;+3/p-1. The fraction of sp³-hybridized carbons (Fsp3) is 1.00. The van der Waals surface area contributed by atoms with Crippen LogP contribution in [0.3, 0.4) is 0 Å². The van der Waals surface area contributed by atoms with Crippen LogP contribution in [0.4, 0.5) is 0 Å².